The van der Waals surface area contributed by atoms with E-state index < -0.39 is 10.0 Å². The average Bonchev–Trinajstić information content (AvgIpc) is 2.26. The van der Waals surface area contributed by atoms with Gasteiger partial charge >= 0.3 is 0 Å². The van der Waals surface area contributed by atoms with Gasteiger partial charge < -0.3 is 5.32 Å². The molecule has 96 valence electrons. The van der Waals surface area contributed by atoms with Gasteiger partial charge in [-0.1, -0.05) is 19.8 Å². The molecule has 0 spiro atoms. The molecule has 0 aliphatic heterocycles. The van der Waals surface area contributed by atoms with E-state index in [1.807, 2.05) is 0 Å². The van der Waals surface area contributed by atoms with Crippen LogP contribution in [0.15, 0.2) is 0 Å². The Bertz CT molecular complexity index is 282. The van der Waals surface area contributed by atoms with Crippen molar-refractivity contribution in [3.05, 3.63) is 0 Å². The molecule has 1 saturated carbocycles. The minimum Gasteiger partial charge on any atom is -0.319 e. The Balaban J connectivity index is 2.23. The third-order valence-electron chi connectivity index (χ3n) is 3.35. The summed E-state index contributed by atoms with van der Waals surface area (Å²) in [6.07, 6.45) is 4.80. The molecule has 2 N–H and O–H groups in total. The van der Waals surface area contributed by atoms with Gasteiger partial charge in [0.1, 0.15) is 0 Å². The van der Waals surface area contributed by atoms with Crippen LogP contribution in [0, 0.1) is 11.8 Å². The molecule has 16 heavy (non-hydrogen) atoms. The Kier molecular flexibility index (Phi) is 5.72. The highest BCUT2D eigenvalue weighted by Crippen LogP contribution is 2.27. The molecule has 0 unspecified atom stereocenters. The van der Waals surface area contributed by atoms with Crippen LogP contribution in [0.25, 0.3) is 0 Å². The highest BCUT2D eigenvalue weighted by atomic mass is 32.2. The lowest BCUT2D eigenvalue weighted by molar-refractivity contribution is 0.290. The van der Waals surface area contributed by atoms with E-state index in [0.717, 1.165) is 18.8 Å². The van der Waals surface area contributed by atoms with Crippen LogP contribution >= 0.6 is 0 Å². The monoisotopic (exact) mass is 248 g/mol. The molecule has 1 fully saturated rings. The molecule has 0 bridgehead atoms. The first kappa shape index (κ1) is 13.9. The number of sulfonamides is 1. The zero-order valence-corrected chi connectivity index (χ0v) is 11.1. The molecule has 0 radical (unpaired) electrons. The average molecular weight is 248 g/mol. The molecule has 0 aromatic carbocycles. The van der Waals surface area contributed by atoms with Crippen molar-refractivity contribution in [3.63, 3.8) is 0 Å². The number of hydrogen-bond acceptors (Lipinski definition) is 3. The highest BCUT2D eigenvalue weighted by Gasteiger charge is 2.19. The fraction of sp³-hybridized carbons (Fsp3) is 1.00. The summed E-state index contributed by atoms with van der Waals surface area (Å²) in [7, 11) is -1.31. The van der Waals surface area contributed by atoms with Crippen LogP contribution in [-0.2, 0) is 10.0 Å². The lowest BCUT2D eigenvalue weighted by Crippen LogP contribution is -2.35. The summed E-state index contributed by atoms with van der Waals surface area (Å²) < 4.78 is 25.8. The molecule has 1 aliphatic rings. The van der Waals surface area contributed by atoms with E-state index in [-0.39, 0.29) is 5.75 Å². The Morgan fingerprint density at radius 1 is 1.19 bits per heavy atom. The fourth-order valence-electron chi connectivity index (χ4n) is 2.09. The number of rotatable bonds is 6. The van der Waals surface area contributed by atoms with Crippen molar-refractivity contribution in [1.29, 1.82) is 0 Å². The molecule has 4 nitrogen and oxygen atoms in total. The zero-order valence-electron chi connectivity index (χ0n) is 10.3. The summed E-state index contributed by atoms with van der Waals surface area (Å²) in [5.41, 5.74) is 0. The van der Waals surface area contributed by atoms with Crippen molar-refractivity contribution in [1.82, 2.24) is 10.0 Å². The summed E-state index contributed by atoms with van der Waals surface area (Å²) in [6.45, 7) is 3.41. The molecule has 1 aliphatic carbocycles. The van der Waals surface area contributed by atoms with Gasteiger partial charge in [0.2, 0.25) is 10.0 Å². The van der Waals surface area contributed by atoms with E-state index in [1.54, 1.807) is 7.05 Å². The second-order valence-corrected chi connectivity index (χ2v) is 6.82. The Morgan fingerprint density at radius 3 is 2.38 bits per heavy atom. The van der Waals surface area contributed by atoms with Gasteiger partial charge in [-0.05, 0) is 31.7 Å². The Labute approximate surface area is 99.2 Å². The van der Waals surface area contributed by atoms with E-state index in [1.165, 1.54) is 12.8 Å². The predicted molar refractivity (Wildman–Crippen MR) is 66.8 cm³/mol. The molecule has 0 amide bonds. The molecule has 0 saturated heterocycles. The van der Waals surface area contributed by atoms with Crippen molar-refractivity contribution < 1.29 is 8.42 Å². The summed E-state index contributed by atoms with van der Waals surface area (Å²) in [5, 5.41) is 2.85. The highest BCUT2D eigenvalue weighted by molar-refractivity contribution is 7.89. The van der Waals surface area contributed by atoms with Crippen LogP contribution in [0.5, 0.6) is 0 Å². The van der Waals surface area contributed by atoms with Crippen molar-refractivity contribution in [2.75, 3.05) is 25.9 Å². The third kappa shape index (κ3) is 5.27. The van der Waals surface area contributed by atoms with Crippen molar-refractivity contribution in [2.45, 2.75) is 32.6 Å². The van der Waals surface area contributed by atoms with Crippen LogP contribution in [0.4, 0.5) is 0 Å². The summed E-state index contributed by atoms with van der Waals surface area (Å²) in [6, 6.07) is 0. The van der Waals surface area contributed by atoms with Gasteiger partial charge in [-0.2, -0.15) is 0 Å². The van der Waals surface area contributed by atoms with Gasteiger partial charge in [0.25, 0.3) is 0 Å². The maximum atomic E-state index is 11.5. The van der Waals surface area contributed by atoms with Crippen LogP contribution in [-0.4, -0.2) is 34.3 Å². The van der Waals surface area contributed by atoms with E-state index >= 15 is 0 Å². The van der Waals surface area contributed by atoms with Crippen LogP contribution in [0.2, 0.25) is 0 Å². The Hall–Kier alpha value is -0.130. The quantitative estimate of drug-likeness (QED) is 0.736. The summed E-state index contributed by atoms with van der Waals surface area (Å²) in [5.74, 6) is 1.53. The summed E-state index contributed by atoms with van der Waals surface area (Å²) >= 11 is 0. The molecule has 0 aromatic rings. The van der Waals surface area contributed by atoms with Crippen LogP contribution in [0.1, 0.15) is 32.6 Å². The molecular weight excluding hydrogens is 224 g/mol. The van der Waals surface area contributed by atoms with Crippen molar-refractivity contribution in [3.8, 4) is 0 Å². The number of nitrogens with one attached hydrogen (secondary N) is 2. The molecule has 0 heterocycles. The van der Waals surface area contributed by atoms with Gasteiger partial charge in [-0.15, -0.1) is 0 Å². The Morgan fingerprint density at radius 2 is 1.81 bits per heavy atom. The van der Waals surface area contributed by atoms with Gasteiger partial charge in [-0.3, -0.25) is 0 Å². The van der Waals surface area contributed by atoms with Crippen LogP contribution in [0.3, 0.4) is 0 Å². The summed E-state index contributed by atoms with van der Waals surface area (Å²) in [4.78, 5) is 0. The van der Waals surface area contributed by atoms with Crippen molar-refractivity contribution in [2.24, 2.45) is 11.8 Å². The van der Waals surface area contributed by atoms with Gasteiger partial charge in [0.15, 0.2) is 0 Å². The van der Waals surface area contributed by atoms with Crippen LogP contribution < -0.4 is 10.0 Å². The molecular formula is C11H24N2O2S. The fourth-order valence-corrected chi connectivity index (χ4v) is 3.19. The second-order valence-electron chi connectivity index (χ2n) is 4.90. The first-order valence-electron chi connectivity index (χ1n) is 6.15. The first-order valence-corrected chi connectivity index (χ1v) is 7.80. The normalized spacial score (nSPS) is 26.9. The van der Waals surface area contributed by atoms with E-state index in [0.29, 0.717) is 19.0 Å². The van der Waals surface area contributed by atoms with Crippen molar-refractivity contribution >= 4 is 10.0 Å². The molecule has 1 rings (SSSR count). The SMILES string of the molecule is CNCCS(=O)(=O)NCC1CCC(C)CC1. The maximum Gasteiger partial charge on any atom is 0.212 e. The zero-order chi connectivity index (χ0) is 12.0. The van der Waals surface area contributed by atoms with Gasteiger partial charge in [0.05, 0.1) is 5.75 Å². The minimum atomic E-state index is -3.07. The van der Waals surface area contributed by atoms with E-state index in [2.05, 4.69) is 17.0 Å². The number of hydrogen-bond donors (Lipinski definition) is 2. The molecule has 5 heteroatoms. The molecule has 0 atom stereocenters. The molecule has 0 aromatic heterocycles. The predicted octanol–water partition coefficient (Wildman–Crippen LogP) is 0.951. The lowest BCUT2D eigenvalue weighted by Gasteiger charge is -2.26. The van der Waals surface area contributed by atoms with Gasteiger partial charge in [-0.25, -0.2) is 13.1 Å². The third-order valence-corrected chi connectivity index (χ3v) is 4.70. The minimum absolute atomic E-state index is 0.173. The van der Waals surface area contributed by atoms with E-state index in [4.69, 9.17) is 0 Å². The largest absolute Gasteiger partial charge is 0.319 e. The van der Waals surface area contributed by atoms with E-state index in [9.17, 15) is 8.42 Å². The smallest absolute Gasteiger partial charge is 0.212 e. The topological polar surface area (TPSA) is 58.2 Å². The second kappa shape index (κ2) is 6.57. The lowest BCUT2D eigenvalue weighted by atomic mass is 9.83. The maximum absolute atomic E-state index is 11.5. The van der Waals surface area contributed by atoms with Gasteiger partial charge in [0, 0.05) is 13.1 Å². The first-order chi connectivity index (χ1) is 7.53. The standard InChI is InChI=1S/C11H24N2O2S/c1-10-3-5-11(6-4-10)9-13-16(14,15)8-7-12-2/h10-13H,3-9H2,1-2H3.